The maximum atomic E-state index is 10.7. The van der Waals surface area contributed by atoms with Crippen LogP contribution in [0.3, 0.4) is 0 Å². The third-order valence-corrected chi connectivity index (χ3v) is 2.85. The fourth-order valence-electron chi connectivity index (χ4n) is 1.20. The average Bonchev–Trinajstić information content (AvgIpc) is 2.59. The Morgan fingerprint density at radius 1 is 1.56 bits per heavy atom. The second kappa shape index (κ2) is 5.42. The normalized spacial score (nSPS) is 12.2. The number of aromatic nitrogens is 2. The van der Waals surface area contributed by atoms with Gasteiger partial charge in [-0.15, -0.1) is 0 Å². The van der Waals surface area contributed by atoms with Crippen LogP contribution in [0.15, 0.2) is 12.4 Å². The molecular formula is C9H18N4O2S. The predicted octanol–water partition coefficient (Wildman–Crippen LogP) is -0.158. The van der Waals surface area contributed by atoms with E-state index < -0.39 is 10.0 Å². The molecule has 6 nitrogen and oxygen atoms in total. The molecule has 0 atom stereocenters. The SMILES string of the molecule is CC(C)n1cc(CNCCS(N)(=O)=O)cn1. The van der Waals surface area contributed by atoms with Gasteiger partial charge in [-0.3, -0.25) is 4.68 Å². The minimum absolute atomic E-state index is 0.0503. The minimum atomic E-state index is -3.37. The van der Waals surface area contributed by atoms with Gasteiger partial charge >= 0.3 is 0 Å². The van der Waals surface area contributed by atoms with Crippen molar-refractivity contribution in [2.45, 2.75) is 26.4 Å². The highest BCUT2D eigenvalue weighted by Crippen LogP contribution is 2.04. The van der Waals surface area contributed by atoms with E-state index in [-0.39, 0.29) is 5.75 Å². The second-order valence-corrected chi connectivity index (χ2v) is 5.70. The summed E-state index contributed by atoms with van der Waals surface area (Å²) in [5.74, 6) is -0.0503. The smallest absolute Gasteiger partial charge is 0.210 e. The third kappa shape index (κ3) is 4.73. The summed E-state index contributed by atoms with van der Waals surface area (Å²) in [7, 11) is -3.37. The van der Waals surface area contributed by atoms with Gasteiger partial charge in [0.1, 0.15) is 0 Å². The zero-order chi connectivity index (χ0) is 12.2. The number of sulfonamides is 1. The molecule has 0 aliphatic heterocycles. The van der Waals surface area contributed by atoms with Gasteiger partial charge in [0.25, 0.3) is 0 Å². The van der Waals surface area contributed by atoms with Gasteiger partial charge in [-0.05, 0) is 13.8 Å². The predicted molar refractivity (Wildman–Crippen MR) is 62.3 cm³/mol. The van der Waals surface area contributed by atoms with E-state index in [2.05, 4.69) is 10.4 Å². The summed E-state index contributed by atoms with van der Waals surface area (Å²) in [5, 5.41) is 12.0. The Balaban J connectivity index is 2.32. The van der Waals surface area contributed by atoms with Crippen LogP contribution in [0, 0.1) is 0 Å². The lowest BCUT2D eigenvalue weighted by Gasteiger charge is -2.03. The first-order valence-corrected chi connectivity index (χ1v) is 6.84. The molecule has 0 aliphatic rings. The first-order valence-electron chi connectivity index (χ1n) is 5.13. The van der Waals surface area contributed by atoms with Crippen molar-refractivity contribution in [1.82, 2.24) is 15.1 Å². The molecule has 0 bridgehead atoms. The average molecular weight is 246 g/mol. The van der Waals surface area contributed by atoms with Crippen molar-refractivity contribution in [1.29, 1.82) is 0 Å². The van der Waals surface area contributed by atoms with Crippen LogP contribution >= 0.6 is 0 Å². The van der Waals surface area contributed by atoms with Crippen molar-refractivity contribution in [3.05, 3.63) is 18.0 Å². The van der Waals surface area contributed by atoms with E-state index in [9.17, 15) is 8.42 Å². The lowest BCUT2D eigenvalue weighted by molar-refractivity contribution is 0.531. The van der Waals surface area contributed by atoms with Crippen molar-refractivity contribution in [3.8, 4) is 0 Å². The Labute approximate surface area is 95.9 Å². The number of nitrogens with two attached hydrogens (primary N) is 1. The Morgan fingerprint density at radius 2 is 2.25 bits per heavy atom. The van der Waals surface area contributed by atoms with Crippen LogP contribution in [0.1, 0.15) is 25.5 Å². The van der Waals surface area contributed by atoms with Crippen LogP contribution in [-0.4, -0.2) is 30.5 Å². The summed E-state index contributed by atoms with van der Waals surface area (Å²) in [4.78, 5) is 0. The second-order valence-electron chi connectivity index (χ2n) is 3.97. The van der Waals surface area contributed by atoms with Crippen LogP contribution in [0.2, 0.25) is 0 Å². The van der Waals surface area contributed by atoms with E-state index in [4.69, 9.17) is 5.14 Å². The first kappa shape index (κ1) is 13.1. The molecule has 0 unspecified atom stereocenters. The van der Waals surface area contributed by atoms with Gasteiger partial charge in [0.15, 0.2) is 0 Å². The van der Waals surface area contributed by atoms with Gasteiger partial charge in [-0.2, -0.15) is 5.10 Å². The van der Waals surface area contributed by atoms with Crippen molar-refractivity contribution < 1.29 is 8.42 Å². The highest BCUT2D eigenvalue weighted by Gasteiger charge is 2.03. The molecule has 1 heterocycles. The highest BCUT2D eigenvalue weighted by molar-refractivity contribution is 7.89. The number of hydrogen-bond acceptors (Lipinski definition) is 4. The van der Waals surface area contributed by atoms with E-state index in [1.165, 1.54) is 0 Å². The summed E-state index contributed by atoms with van der Waals surface area (Å²) >= 11 is 0. The lowest BCUT2D eigenvalue weighted by Crippen LogP contribution is -2.26. The largest absolute Gasteiger partial charge is 0.311 e. The van der Waals surface area contributed by atoms with Crippen LogP contribution in [0.25, 0.3) is 0 Å². The van der Waals surface area contributed by atoms with Crippen LogP contribution in [-0.2, 0) is 16.6 Å². The van der Waals surface area contributed by atoms with Crippen LogP contribution in [0.5, 0.6) is 0 Å². The van der Waals surface area contributed by atoms with Crippen molar-refractivity contribution in [2.24, 2.45) is 5.14 Å². The molecule has 1 rings (SSSR count). The molecule has 0 saturated heterocycles. The zero-order valence-electron chi connectivity index (χ0n) is 9.55. The monoisotopic (exact) mass is 246 g/mol. The van der Waals surface area contributed by atoms with Gasteiger partial charge in [0.05, 0.1) is 11.9 Å². The molecule has 92 valence electrons. The van der Waals surface area contributed by atoms with Crippen molar-refractivity contribution in [3.63, 3.8) is 0 Å². The molecule has 1 aromatic heterocycles. The molecular weight excluding hydrogens is 228 g/mol. The Kier molecular flexibility index (Phi) is 4.45. The van der Waals surface area contributed by atoms with Crippen molar-refractivity contribution >= 4 is 10.0 Å². The highest BCUT2D eigenvalue weighted by atomic mass is 32.2. The number of primary sulfonamides is 1. The number of nitrogens with zero attached hydrogens (tertiary/aromatic N) is 2. The van der Waals surface area contributed by atoms with E-state index in [0.717, 1.165) is 5.56 Å². The molecule has 16 heavy (non-hydrogen) atoms. The summed E-state index contributed by atoms with van der Waals surface area (Å²) in [6.45, 7) is 5.05. The van der Waals surface area contributed by atoms with Crippen molar-refractivity contribution in [2.75, 3.05) is 12.3 Å². The molecule has 0 aliphatic carbocycles. The number of nitrogens with one attached hydrogen (secondary N) is 1. The summed E-state index contributed by atoms with van der Waals surface area (Å²) < 4.78 is 23.2. The van der Waals surface area contributed by atoms with Gasteiger partial charge < -0.3 is 5.32 Å². The maximum absolute atomic E-state index is 10.7. The van der Waals surface area contributed by atoms with Gasteiger partial charge in [-0.1, -0.05) is 0 Å². The lowest BCUT2D eigenvalue weighted by atomic mass is 10.3. The summed E-state index contributed by atoms with van der Waals surface area (Å²) in [6, 6.07) is 0.332. The topological polar surface area (TPSA) is 90.0 Å². The summed E-state index contributed by atoms with van der Waals surface area (Å²) in [5.41, 5.74) is 1.03. The molecule has 0 spiro atoms. The van der Waals surface area contributed by atoms with E-state index in [1.807, 2.05) is 24.7 Å². The molecule has 3 N–H and O–H groups in total. The maximum Gasteiger partial charge on any atom is 0.210 e. The molecule has 0 aromatic carbocycles. The first-order chi connectivity index (χ1) is 7.38. The number of rotatable bonds is 6. The Bertz CT molecular complexity index is 424. The molecule has 7 heteroatoms. The zero-order valence-corrected chi connectivity index (χ0v) is 10.4. The van der Waals surface area contributed by atoms with E-state index in [0.29, 0.717) is 19.1 Å². The molecule has 0 fully saturated rings. The summed E-state index contributed by atoms with van der Waals surface area (Å²) in [6.07, 6.45) is 3.71. The molecule has 0 amide bonds. The van der Waals surface area contributed by atoms with E-state index in [1.54, 1.807) is 6.20 Å². The van der Waals surface area contributed by atoms with Crippen LogP contribution < -0.4 is 10.5 Å². The Morgan fingerprint density at radius 3 is 2.75 bits per heavy atom. The Hall–Kier alpha value is -0.920. The fourth-order valence-corrected chi connectivity index (χ4v) is 1.63. The number of hydrogen-bond donors (Lipinski definition) is 2. The standard InChI is InChI=1S/C9H18N4O2S/c1-8(2)13-7-9(6-12-13)5-11-3-4-16(10,14)15/h6-8,11H,3-5H2,1-2H3,(H2,10,14,15). The molecule has 1 aromatic rings. The van der Waals surface area contributed by atoms with Crippen LogP contribution in [0.4, 0.5) is 0 Å². The quantitative estimate of drug-likeness (QED) is 0.683. The molecule has 0 saturated carbocycles. The van der Waals surface area contributed by atoms with Gasteiger partial charge in [0.2, 0.25) is 10.0 Å². The van der Waals surface area contributed by atoms with Gasteiger partial charge in [0, 0.05) is 30.9 Å². The molecule has 0 radical (unpaired) electrons. The van der Waals surface area contributed by atoms with E-state index >= 15 is 0 Å². The third-order valence-electron chi connectivity index (χ3n) is 2.08. The minimum Gasteiger partial charge on any atom is -0.311 e. The van der Waals surface area contributed by atoms with Gasteiger partial charge in [-0.25, -0.2) is 13.6 Å². The fraction of sp³-hybridized carbons (Fsp3) is 0.667.